The number of rotatable bonds is 7. The molecule has 0 aliphatic carbocycles. The average Bonchev–Trinajstić information content (AvgIpc) is 2.78. The molecule has 1 aliphatic heterocycles. The van der Waals surface area contributed by atoms with Crippen LogP contribution in [0, 0.1) is 0 Å². The molecule has 0 fully saturated rings. The summed E-state index contributed by atoms with van der Waals surface area (Å²) >= 11 is 6.05. The maximum atomic E-state index is 12.5. The van der Waals surface area contributed by atoms with Gasteiger partial charge in [0, 0.05) is 5.02 Å². The fourth-order valence-corrected chi connectivity index (χ4v) is 3.89. The summed E-state index contributed by atoms with van der Waals surface area (Å²) in [6, 6.07) is 18.9. The number of ether oxygens (including phenoxy) is 3. The van der Waals surface area contributed by atoms with Gasteiger partial charge in [0.25, 0.3) is 0 Å². The Labute approximate surface area is 193 Å². The Kier molecular flexibility index (Phi) is 6.56. The molecule has 0 unspecified atom stereocenters. The van der Waals surface area contributed by atoms with E-state index in [0.29, 0.717) is 29.5 Å². The van der Waals surface area contributed by atoms with Gasteiger partial charge in [-0.05, 0) is 72.5 Å². The molecule has 1 aliphatic rings. The SMILES string of the molecule is COc1ccc(COc2cc3c(cc2OC(C)C)[C@H](c2ccc(Cl)cc2)NC(=O)C3)cc1. The van der Waals surface area contributed by atoms with E-state index in [-0.39, 0.29) is 18.1 Å². The van der Waals surface area contributed by atoms with Crippen LogP contribution < -0.4 is 19.5 Å². The van der Waals surface area contributed by atoms with Gasteiger partial charge >= 0.3 is 0 Å². The topological polar surface area (TPSA) is 56.8 Å². The number of carbonyl (C=O) groups excluding carboxylic acids is 1. The van der Waals surface area contributed by atoms with Crippen molar-refractivity contribution in [3.8, 4) is 17.2 Å². The molecular formula is C26H26ClNO4. The second-order valence-electron chi connectivity index (χ2n) is 8.03. The number of hydrogen-bond donors (Lipinski definition) is 1. The molecule has 32 heavy (non-hydrogen) atoms. The Morgan fingerprint density at radius 3 is 2.41 bits per heavy atom. The van der Waals surface area contributed by atoms with E-state index < -0.39 is 0 Å². The van der Waals surface area contributed by atoms with E-state index in [9.17, 15) is 4.79 Å². The molecule has 0 spiro atoms. The molecule has 0 saturated carbocycles. The maximum absolute atomic E-state index is 12.5. The Morgan fingerprint density at radius 2 is 1.75 bits per heavy atom. The zero-order valence-corrected chi connectivity index (χ0v) is 19.1. The van der Waals surface area contributed by atoms with Crippen LogP contribution in [0.4, 0.5) is 0 Å². The van der Waals surface area contributed by atoms with E-state index >= 15 is 0 Å². The van der Waals surface area contributed by atoms with Gasteiger partial charge in [-0.15, -0.1) is 0 Å². The summed E-state index contributed by atoms with van der Waals surface area (Å²) in [5.41, 5.74) is 3.90. The van der Waals surface area contributed by atoms with Gasteiger partial charge in [0.1, 0.15) is 12.4 Å². The zero-order chi connectivity index (χ0) is 22.7. The lowest BCUT2D eigenvalue weighted by Gasteiger charge is -2.29. The number of methoxy groups -OCH3 is 1. The molecule has 1 atom stereocenters. The number of carbonyl (C=O) groups is 1. The van der Waals surface area contributed by atoms with E-state index in [1.807, 2.05) is 74.5 Å². The van der Waals surface area contributed by atoms with Gasteiger partial charge in [0.2, 0.25) is 5.91 Å². The molecule has 1 heterocycles. The smallest absolute Gasteiger partial charge is 0.225 e. The van der Waals surface area contributed by atoms with Gasteiger partial charge in [0.15, 0.2) is 11.5 Å². The first-order valence-corrected chi connectivity index (χ1v) is 10.9. The van der Waals surface area contributed by atoms with Crippen LogP contribution in [0.5, 0.6) is 17.2 Å². The second-order valence-corrected chi connectivity index (χ2v) is 8.47. The fourth-order valence-electron chi connectivity index (χ4n) is 3.76. The summed E-state index contributed by atoms with van der Waals surface area (Å²) in [6.07, 6.45) is 0.267. The van der Waals surface area contributed by atoms with Crippen LogP contribution in [-0.4, -0.2) is 19.1 Å². The summed E-state index contributed by atoms with van der Waals surface area (Å²) in [5.74, 6) is 2.04. The minimum Gasteiger partial charge on any atom is -0.497 e. The van der Waals surface area contributed by atoms with Crippen LogP contribution in [0.25, 0.3) is 0 Å². The number of amides is 1. The van der Waals surface area contributed by atoms with Crippen molar-refractivity contribution in [1.29, 1.82) is 0 Å². The van der Waals surface area contributed by atoms with Crippen molar-refractivity contribution in [2.24, 2.45) is 0 Å². The minimum absolute atomic E-state index is 0.0245. The van der Waals surface area contributed by atoms with Gasteiger partial charge in [-0.3, -0.25) is 4.79 Å². The molecular weight excluding hydrogens is 426 g/mol. The third-order valence-corrected chi connectivity index (χ3v) is 5.54. The van der Waals surface area contributed by atoms with Gasteiger partial charge in [-0.25, -0.2) is 0 Å². The number of hydrogen-bond acceptors (Lipinski definition) is 4. The van der Waals surface area contributed by atoms with Crippen molar-refractivity contribution in [1.82, 2.24) is 5.32 Å². The fraction of sp³-hybridized carbons (Fsp3) is 0.269. The molecule has 0 bridgehead atoms. The van der Waals surface area contributed by atoms with Crippen LogP contribution >= 0.6 is 11.6 Å². The highest BCUT2D eigenvalue weighted by atomic mass is 35.5. The highest BCUT2D eigenvalue weighted by Crippen LogP contribution is 2.39. The van der Waals surface area contributed by atoms with Crippen molar-refractivity contribution in [3.63, 3.8) is 0 Å². The predicted molar refractivity (Wildman–Crippen MR) is 125 cm³/mol. The van der Waals surface area contributed by atoms with Crippen LogP contribution in [-0.2, 0) is 17.8 Å². The van der Waals surface area contributed by atoms with E-state index in [2.05, 4.69) is 5.32 Å². The Balaban J connectivity index is 1.67. The normalized spacial score (nSPS) is 15.2. The summed E-state index contributed by atoms with van der Waals surface area (Å²) in [7, 11) is 1.64. The van der Waals surface area contributed by atoms with Crippen LogP contribution in [0.15, 0.2) is 60.7 Å². The monoisotopic (exact) mass is 451 g/mol. The summed E-state index contributed by atoms with van der Waals surface area (Å²) in [4.78, 5) is 12.5. The molecule has 0 radical (unpaired) electrons. The quantitative estimate of drug-likeness (QED) is 0.517. The Hall–Kier alpha value is -3.18. The molecule has 0 aromatic heterocycles. The molecule has 166 valence electrons. The van der Waals surface area contributed by atoms with E-state index in [1.54, 1.807) is 7.11 Å². The summed E-state index contributed by atoms with van der Waals surface area (Å²) in [6.45, 7) is 4.33. The Bertz CT molecular complexity index is 1090. The van der Waals surface area contributed by atoms with Crippen molar-refractivity contribution in [2.45, 2.75) is 39.0 Å². The standard InChI is InChI=1S/C26H26ClNO4/c1-16(2)32-24-14-22-19(12-23(24)31-15-17-4-10-21(30-3)11-5-17)13-25(29)28-26(22)18-6-8-20(27)9-7-18/h4-12,14,16,26H,13,15H2,1-3H3,(H,28,29)/t26-/m0/s1. The van der Waals surface area contributed by atoms with E-state index in [0.717, 1.165) is 28.0 Å². The highest BCUT2D eigenvalue weighted by molar-refractivity contribution is 6.30. The van der Waals surface area contributed by atoms with Crippen LogP contribution in [0.1, 0.15) is 42.1 Å². The number of benzene rings is 3. The molecule has 1 amide bonds. The number of halogens is 1. The molecule has 3 aromatic rings. The first-order chi connectivity index (χ1) is 15.4. The van der Waals surface area contributed by atoms with Gasteiger partial charge < -0.3 is 19.5 Å². The van der Waals surface area contributed by atoms with Gasteiger partial charge in [-0.2, -0.15) is 0 Å². The van der Waals surface area contributed by atoms with Crippen molar-refractivity contribution in [3.05, 3.63) is 87.9 Å². The third-order valence-electron chi connectivity index (χ3n) is 5.29. The van der Waals surface area contributed by atoms with Crippen LogP contribution in [0.2, 0.25) is 5.02 Å². The minimum atomic E-state index is -0.270. The largest absolute Gasteiger partial charge is 0.497 e. The first kappa shape index (κ1) is 22.0. The van der Waals surface area contributed by atoms with Crippen molar-refractivity contribution < 1.29 is 19.0 Å². The molecule has 5 nitrogen and oxygen atoms in total. The lowest BCUT2D eigenvalue weighted by molar-refractivity contribution is -0.121. The highest BCUT2D eigenvalue weighted by Gasteiger charge is 2.28. The maximum Gasteiger partial charge on any atom is 0.225 e. The zero-order valence-electron chi connectivity index (χ0n) is 18.4. The molecule has 3 aromatic carbocycles. The molecule has 6 heteroatoms. The summed E-state index contributed by atoms with van der Waals surface area (Å²) < 4.78 is 17.4. The van der Waals surface area contributed by atoms with Crippen molar-refractivity contribution >= 4 is 17.5 Å². The third kappa shape index (κ3) is 5.00. The average molecular weight is 452 g/mol. The lowest BCUT2D eigenvalue weighted by atomic mass is 9.89. The molecule has 1 N–H and O–H groups in total. The van der Waals surface area contributed by atoms with E-state index in [1.165, 1.54) is 0 Å². The van der Waals surface area contributed by atoms with Crippen molar-refractivity contribution in [2.75, 3.05) is 7.11 Å². The molecule has 0 saturated heterocycles. The summed E-state index contributed by atoms with van der Waals surface area (Å²) in [5, 5.41) is 3.74. The first-order valence-electron chi connectivity index (χ1n) is 10.6. The van der Waals surface area contributed by atoms with E-state index in [4.69, 9.17) is 25.8 Å². The lowest BCUT2D eigenvalue weighted by Crippen LogP contribution is -2.36. The Morgan fingerprint density at radius 1 is 1.03 bits per heavy atom. The molecule has 4 rings (SSSR count). The predicted octanol–water partition coefficient (Wildman–Crippen LogP) is 5.48. The van der Waals surface area contributed by atoms with Gasteiger partial charge in [0.05, 0.1) is 25.7 Å². The van der Waals surface area contributed by atoms with Gasteiger partial charge in [-0.1, -0.05) is 35.9 Å². The number of fused-ring (bicyclic) bond motifs is 1. The number of nitrogens with one attached hydrogen (secondary N) is 1. The second kappa shape index (κ2) is 9.53. The van der Waals surface area contributed by atoms with Crippen LogP contribution in [0.3, 0.4) is 0 Å².